The molecular formula is C16H19F6N5. The highest BCUT2D eigenvalue weighted by molar-refractivity contribution is 6.09. The Kier molecular flexibility index (Phi) is 6.66. The Bertz CT molecular complexity index is 690. The second-order valence-corrected chi connectivity index (χ2v) is 6.14. The van der Waals surface area contributed by atoms with Crippen LogP contribution in [0.1, 0.15) is 43.4 Å². The predicted molar refractivity (Wildman–Crippen MR) is 89.1 cm³/mol. The van der Waals surface area contributed by atoms with Gasteiger partial charge < -0.3 is 11.1 Å². The van der Waals surface area contributed by atoms with Crippen LogP contribution in [0.5, 0.6) is 0 Å². The summed E-state index contributed by atoms with van der Waals surface area (Å²) < 4.78 is 76.4. The fourth-order valence-electron chi connectivity index (χ4n) is 2.74. The van der Waals surface area contributed by atoms with Crippen molar-refractivity contribution >= 4 is 17.7 Å². The third-order valence-corrected chi connectivity index (χ3v) is 3.99. The van der Waals surface area contributed by atoms with Gasteiger partial charge in [0.05, 0.1) is 5.69 Å². The zero-order chi connectivity index (χ0) is 20.1. The maximum atomic E-state index is 13.3. The fraction of sp³-hybridized carbons (Fsp3) is 0.562. The van der Waals surface area contributed by atoms with Gasteiger partial charge in [0.15, 0.2) is 0 Å². The molecule has 0 spiro atoms. The molecule has 0 aromatic carbocycles. The molecule has 1 aliphatic rings. The number of rotatable bonds is 5. The number of allylic oxidation sites excluding steroid dienone is 1. The number of hydrogen-bond donors (Lipinski definition) is 2. The summed E-state index contributed by atoms with van der Waals surface area (Å²) in [5, 5.41) is 2.98. The first-order valence-corrected chi connectivity index (χ1v) is 8.30. The number of nitrogens with zero attached hydrogens (tertiary/aromatic N) is 3. The van der Waals surface area contributed by atoms with E-state index in [1.165, 1.54) is 0 Å². The molecule has 1 aromatic rings. The van der Waals surface area contributed by atoms with Gasteiger partial charge in [-0.15, -0.1) is 0 Å². The first-order valence-electron chi connectivity index (χ1n) is 8.30. The van der Waals surface area contributed by atoms with Gasteiger partial charge in [-0.05, 0) is 12.8 Å². The average Bonchev–Trinajstić information content (AvgIpc) is 2.58. The van der Waals surface area contributed by atoms with Gasteiger partial charge in [0, 0.05) is 30.2 Å². The van der Waals surface area contributed by atoms with Crippen molar-refractivity contribution in [3.8, 4) is 0 Å². The van der Waals surface area contributed by atoms with Gasteiger partial charge in [0.25, 0.3) is 0 Å². The van der Waals surface area contributed by atoms with Crippen LogP contribution in [-0.2, 0) is 6.18 Å². The molecular weight excluding hydrogens is 376 g/mol. The number of anilines is 1. The summed E-state index contributed by atoms with van der Waals surface area (Å²) in [4.78, 5) is 10.7. The van der Waals surface area contributed by atoms with Crippen LogP contribution in [0.2, 0.25) is 0 Å². The smallest absolute Gasteiger partial charge is 0.404 e. The van der Waals surface area contributed by atoms with Gasteiger partial charge in [0.2, 0.25) is 5.95 Å². The lowest BCUT2D eigenvalue weighted by Crippen LogP contribution is -2.24. The summed E-state index contributed by atoms with van der Waals surface area (Å²) in [6.45, 7) is -1.54. The Morgan fingerprint density at radius 3 is 2.41 bits per heavy atom. The van der Waals surface area contributed by atoms with Crippen molar-refractivity contribution in [2.45, 2.75) is 50.5 Å². The molecule has 0 bridgehead atoms. The third kappa shape index (κ3) is 6.40. The summed E-state index contributed by atoms with van der Waals surface area (Å²) in [5.74, 6) is -0.0338. The number of aromatic nitrogens is 2. The molecule has 0 saturated heterocycles. The zero-order valence-electron chi connectivity index (χ0n) is 14.2. The molecule has 0 aliphatic heterocycles. The molecule has 3 N–H and O–H groups in total. The molecule has 1 aromatic heterocycles. The van der Waals surface area contributed by atoms with Gasteiger partial charge >= 0.3 is 12.4 Å². The van der Waals surface area contributed by atoms with Crippen LogP contribution in [0.15, 0.2) is 17.4 Å². The molecule has 0 radical (unpaired) electrons. The number of nitrogens with one attached hydrogen (secondary N) is 1. The van der Waals surface area contributed by atoms with Crippen molar-refractivity contribution in [3.05, 3.63) is 23.7 Å². The highest BCUT2D eigenvalue weighted by Crippen LogP contribution is 2.34. The quantitative estimate of drug-likeness (QED) is 0.580. The number of nitrogens with two attached hydrogens (primary N) is 1. The summed E-state index contributed by atoms with van der Waals surface area (Å²) >= 11 is 0. The van der Waals surface area contributed by atoms with Crippen LogP contribution >= 0.6 is 0 Å². The van der Waals surface area contributed by atoms with Crippen LogP contribution in [0.25, 0.3) is 5.57 Å². The Morgan fingerprint density at radius 1 is 1.19 bits per heavy atom. The first-order chi connectivity index (χ1) is 12.6. The van der Waals surface area contributed by atoms with E-state index >= 15 is 0 Å². The molecule has 150 valence electrons. The Labute approximate surface area is 151 Å². The molecule has 5 nitrogen and oxygen atoms in total. The monoisotopic (exact) mass is 395 g/mol. The minimum atomic E-state index is -4.80. The van der Waals surface area contributed by atoms with E-state index in [2.05, 4.69) is 20.3 Å². The van der Waals surface area contributed by atoms with Gasteiger partial charge in [-0.2, -0.15) is 26.3 Å². The SMILES string of the molecule is N/C=C(\C=NCC(F)(F)F)c1nc(NC2CCCCC2)ncc1C(F)(F)F. The largest absolute Gasteiger partial charge is 0.419 e. The van der Waals surface area contributed by atoms with E-state index in [4.69, 9.17) is 5.73 Å². The highest BCUT2D eigenvalue weighted by Gasteiger charge is 2.36. The van der Waals surface area contributed by atoms with Gasteiger partial charge in [0.1, 0.15) is 12.1 Å². The van der Waals surface area contributed by atoms with Gasteiger partial charge in [-0.1, -0.05) is 19.3 Å². The topological polar surface area (TPSA) is 76.2 Å². The number of aliphatic imine (C=N–C) groups is 1. The molecule has 0 atom stereocenters. The van der Waals surface area contributed by atoms with Gasteiger partial charge in [-0.25, -0.2) is 9.97 Å². The van der Waals surface area contributed by atoms with E-state index in [-0.39, 0.29) is 17.6 Å². The van der Waals surface area contributed by atoms with Crippen molar-refractivity contribution < 1.29 is 26.3 Å². The second kappa shape index (κ2) is 8.57. The van der Waals surface area contributed by atoms with Crippen LogP contribution < -0.4 is 11.1 Å². The third-order valence-electron chi connectivity index (χ3n) is 3.99. The molecule has 0 unspecified atom stereocenters. The van der Waals surface area contributed by atoms with E-state index < -0.39 is 30.2 Å². The predicted octanol–water partition coefficient (Wildman–Crippen LogP) is 4.17. The normalized spacial score (nSPS) is 17.5. The lowest BCUT2D eigenvalue weighted by atomic mass is 9.96. The molecule has 1 heterocycles. The van der Waals surface area contributed by atoms with Crippen LogP contribution in [0.3, 0.4) is 0 Å². The van der Waals surface area contributed by atoms with E-state index in [0.29, 0.717) is 12.4 Å². The van der Waals surface area contributed by atoms with Gasteiger partial charge in [-0.3, -0.25) is 4.99 Å². The fourth-order valence-corrected chi connectivity index (χ4v) is 2.74. The molecule has 27 heavy (non-hydrogen) atoms. The number of halogens is 6. The number of hydrogen-bond acceptors (Lipinski definition) is 5. The minimum absolute atomic E-state index is 0.0338. The zero-order valence-corrected chi connectivity index (χ0v) is 14.2. The van der Waals surface area contributed by atoms with E-state index in [1.807, 2.05) is 0 Å². The summed E-state index contributed by atoms with van der Waals surface area (Å²) in [7, 11) is 0. The first kappa shape index (κ1) is 21.0. The molecule has 11 heteroatoms. The minimum Gasteiger partial charge on any atom is -0.404 e. The summed E-state index contributed by atoms with van der Waals surface area (Å²) in [6.07, 6.45) is -2.67. The molecule has 1 fully saturated rings. The molecule has 1 saturated carbocycles. The van der Waals surface area contributed by atoms with Crippen LogP contribution in [-0.4, -0.2) is 34.9 Å². The maximum absolute atomic E-state index is 13.3. The Hall–Kier alpha value is -2.33. The molecule has 0 amide bonds. The van der Waals surface area contributed by atoms with Crippen molar-refractivity contribution in [3.63, 3.8) is 0 Å². The summed E-state index contributed by atoms with van der Waals surface area (Å²) in [5.41, 5.74) is 3.12. The Morgan fingerprint density at radius 2 is 1.85 bits per heavy atom. The van der Waals surface area contributed by atoms with E-state index in [1.54, 1.807) is 0 Å². The highest BCUT2D eigenvalue weighted by atomic mass is 19.4. The standard InChI is InChI=1S/C16H19F6N5/c17-15(18,19)9-24-7-10(6-23)13-12(16(20,21)22)8-25-14(27-13)26-11-4-2-1-3-5-11/h6-8,11H,1-5,9,23H2,(H,25,26,27)/b10-6+,24-7?. The maximum Gasteiger partial charge on any atom is 0.419 e. The molecule has 2 rings (SSSR count). The number of alkyl halides is 6. The Balaban J connectivity index is 2.32. The second-order valence-electron chi connectivity index (χ2n) is 6.14. The molecule has 1 aliphatic carbocycles. The van der Waals surface area contributed by atoms with Crippen molar-refractivity contribution in [2.24, 2.45) is 10.7 Å². The van der Waals surface area contributed by atoms with Crippen LogP contribution in [0.4, 0.5) is 32.3 Å². The van der Waals surface area contributed by atoms with E-state index in [9.17, 15) is 26.3 Å². The van der Waals surface area contributed by atoms with Crippen molar-refractivity contribution in [1.82, 2.24) is 9.97 Å². The van der Waals surface area contributed by atoms with Crippen molar-refractivity contribution in [1.29, 1.82) is 0 Å². The van der Waals surface area contributed by atoms with Crippen molar-refractivity contribution in [2.75, 3.05) is 11.9 Å². The average molecular weight is 395 g/mol. The van der Waals surface area contributed by atoms with E-state index in [0.717, 1.165) is 38.3 Å². The lowest BCUT2D eigenvalue weighted by Gasteiger charge is -2.23. The lowest BCUT2D eigenvalue weighted by molar-refractivity contribution is -0.138. The summed E-state index contributed by atoms with van der Waals surface area (Å²) in [6, 6.07) is 0.0348. The van der Waals surface area contributed by atoms with Crippen LogP contribution in [0, 0.1) is 0 Å².